The highest BCUT2D eigenvalue weighted by Crippen LogP contribution is 2.32. The number of piperidine rings is 1. The van der Waals surface area contributed by atoms with Crippen molar-refractivity contribution >= 4 is 5.91 Å². The van der Waals surface area contributed by atoms with Crippen LogP contribution >= 0.6 is 0 Å². The van der Waals surface area contributed by atoms with E-state index in [1.54, 1.807) is 29.3 Å². The Bertz CT molecular complexity index is 1020. The summed E-state index contributed by atoms with van der Waals surface area (Å²) >= 11 is 0. The minimum Gasteiger partial charge on any atom is -0.443 e. The molecule has 2 aromatic heterocycles. The van der Waals surface area contributed by atoms with Crippen molar-refractivity contribution in [3.63, 3.8) is 0 Å². The average molecular weight is 381 g/mol. The van der Waals surface area contributed by atoms with Gasteiger partial charge in [-0.2, -0.15) is 0 Å². The van der Waals surface area contributed by atoms with Gasteiger partial charge in [-0.25, -0.2) is 9.37 Å². The molecule has 1 fully saturated rings. The van der Waals surface area contributed by atoms with Crippen LogP contribution in [0.3, 0.4) is 0 Å². The Morgan fingerprint density at radius 2 is 2.11 bits per heavy atom. The van der Waals surface area contributed by atoms with Crippen molar-refractivity contribution in [2.45, 2.75) is 31.7 Å². The number of oxazole rings is 1. The van der Waals surface area contributed by atoms with Crippen LogP contribution in [0.4, 0.5) is 4.39 Å². The molecule has 4 rings (SSSR count). The summed E-state index contributed by atoms with van der Waals surface area (Å²) in [5.41, 5.74) is 0.705. The Morgan fingerprint density at radius 1 is 1.25 bits per heavy atom. The van der Waals surface area contributed by atoms with Gasteiger partial charge in [0.05, 0.1) is 11.8 Å². The zero-order chi connectivity index (χ0) is 19.5. The number of halogens is 1. The summed E-state index contributed by atoms with van der Waals surface area (Å²) in [7, 11) is 0. The highest BCUT2D eigenvalue weighted by atomic mass is 19.1. The van der Waals surface area contributed by atoms with E-state index >= 15 is 0 Å². The summed E-state index contributed by atoms with van der Waals surface area (Å²) in [5.74, 6) is 0.564. The zero-order valence-corrected chi connectivity index (χ0v) is 15.2. The molecule has 0 unspecified atom stereocenters. The van der Waals surface area contributed by atoms with Crippen LogP contribution < -0.4 is 5.56 Å². The van der Waals surface area contributed by atoms with Gasteiger partial charge in [0.1, 0.15) is 17.6 Å². The highest BCUT2D eigenvalue weighted by molar-refractivity contribution is 5.94. The van der Waals surface area contributed by atoms with Crippen LogP contribution in [0, 0.1) is 5.82 Å². The molecule has 1 amide bonds. The van der Waals surface area contributed by atoms with Crippen LogP contribution in [-0.2, 0) is 6.42 Å². The SMILES string of the molecule is O=C(c1ccc(=O)[nH]c1)N1CCCC[C@H]1c1ncc(Cc2ccccc2F)o1. The van der Waals surface area contributed by atoms with Gasteiger partial charge in [0.2, 0.25) is 11.4 Å². The van der Waals surface area contributed by atoms with Crippen LogP contribution in [0.1, 0.15) is 52.9 Å². The fourth-order valence-corrected chi connectivity index (χ4v) is 3.53. The van der Waals surface area contributed by atoms with Crippen molar-refractivity contribution in [1.29, 1.82) is 0 Å². The number of carbonyl (C=O) groups is 1. The topological polar surface area (TPSA) is 79.2 Å². The highest BCUT2D eigenvalue weighted by Gasteiger charge is 2.32. The Balaban J connectivity index is 1.55. The van der Waals surface area contributed by atoms with Crippen LogP contribution in [0.15, 0.2) is 58.0 Å². The normalized spacial score (nSPS) is 16.9. The molecule has 3 heterocycles. The van der Waals surface area contributed by atoms with Crippen LogP contribution in [0.25, 0.3) is 0 Å². The number of aromatic nitrogens is 2. The van der Waals surface area contributed by atoms with Gasteiger partial charge in [-0.3, -0.25) is 9.59 Å². The average Bonchev–Trinajstić information content (AvgIpc) is 3.18. The van der Waals surface area contributed by atoms with Crippen molar-refractivity contribution in [2.75, 3.05) is 6.54 Å². The third-order valence-electron chi connectivity index (χ3n) is 4.97. The lowest BCUT2D eigenvalue weighted by Gasteiger charge is -2.33. The van der Waals surface area contributed by atoms with Crippen LogP contribution in [-0.4, -0.2) is 27.3 Å². The van der Waals surface area contributed by atoms with E-state index in [9.17, 15) is 14.0 Å². The first-order valence-corrected chi connectivity index (χ1v) is 9.29. The molecule has 7 heteroatoms. The minimum atomic E-state index is -0.284. The van der Waals surface area contributed by atoms with Crippen LogP contribution in [0.2, 0.25) is 0 Å². The van der Waals surface area contributed by atoms with Crippen molar-refractivity contribution in [3.05, 3.63) is 87.7 Å². The molecular formula is C21H20FN3O3. The summed E-state index contributed by atoms with van der Waals surface area (Å²) in [6.45, 7) is 0.591. The number of hydrogen-bond donors (Lipinski definition) is 1. The van der Waals surface area contributed by atoms with E-state index in [0.29, 0.717) is 35.7 Å². The molecule has 0 radical (unpaired) electrons. The molecule has 6 nitrogen and oxygen atoms in total. The van der Waals surface area contributed by atoms with Gasteiger partial charge in [-0.1, -0.05) is 18.2 Å². The van der Waals surface area contributed by atoms with E-state index in [2.05, 4.69) is 9.97 Å². The lowest BCUT2D eigenvalue weighted by atomic mass is 10.0. The molecule has 28 heavy (non-hydrogen) atoms. The summed E-state index contributed by atoms with van der Waals surface area (Å²) in [5, 5.41) is 0. The molecule has 1 N–H and O–H groups in total. The van der Waals surface area contributed by atoms with Gasteiger partial charge >= 0.3 is 0 Å². The molecule has 1 aromatic carbocycles. The zero-order valence-electron chi connectivity index (χ0n) is 15.2. The van der Waals surface area contributed by atoms with Crippen molar-refractivity contribution in [2.24, 2.45) is 0 Å². The molecule has 1 saturated heterocycles. The lowest BCUT2D eigenvalue weighted by molar-refractivity contribution is 0.0569. The number of H-pyrrole nitrogens is 1. The Hall–Kier alpha value is -3.22. The molecule has 0 spiro atoms. The van der Waals surface area contributed by atoms with Crippen molar-refractivity contribution in [3.8, 4) is 0 Å². The summed E-state index contributed by atoms with van der Waals surface area (Å²) in [4.78, 5) is 32.8. The summed E-state index contributed by atoms with van der Waals surface area (Å²) in [6.07, 6.45) is 5.93. The fourth-order valence-electron chi connectivity index (χ4n) is 3.53. The largest absolute Gasteiger partial charge is 0.443 e. The first kappa shape index (κ1) is 18.2. The maximum atomic E-state index is 13.9. The van der Waals surface area contributed by atoms with Crippen LogP contribution in [0.5, 0.6) is 0 Å². The maximum absolute atomic E-state index is 13.9. The number of carbonyl (C=O) groups excluding carboxylic acids is 1. The third kappa shape index (κ3) is 3.74. The quantitative estimate of drug-likeness (QED) is 0.751. The molecular weight excluding hydrogens is 361 g/mol. The second-order valence-corrected chi connectivity index (χ2v) is 6.88. The number of benzene rings is 1. The second kappa shape index (κ2) is 7.80. The van der Waals surface area contributed by atoms with Gasteiger partial charge < -0.3 is 14.3 Å². The minimum absolute atomic E-state index is 0.171. The number of nitrogens with zero attached hydrogens (tertiary/aromatic N) is 2. The number of rotatable bonds is 4. The smallest absolute Gasteiger partial charge is 0.256 e. The number of likely N-dealkylation sites (tertiary alicyclic amines) is 1. The van der Waals surface area contributed by atoms with E-state index in [0.717, 1.165) is 19.3 Å². The summed E-state index contributed by atoms with van der Waals surface area (Å²) < 4.78 is 19.8. The first-order valence-electron chi connectivity index (χ1n) is 9.29. The fraction of sp³-hybridized carbons (Fsp3) is 0.286. The van der Waals surface area contributed by atoms with E-state index in [1.807, 2.05) is 0 Å². The molecule has 0 aliphatic carbocycles. The molecule has 0 bridgehead atoms. The molecule has 1 aliphatic heterocycles. The monoisotopic (exact) mass is 381 g/mol. The molecule has 3 aromatic rings. The Labute approximate surface area is 161 Å². The summed E-state index contributed by atoms with van der Waals surface area (Å²) in [6, 6.07) is 9.13. The van der Waals surface area contributed by atoms with Crippen molar-refractivity contribution < 1.29 is 13.6 Å². The van der Waals surface area contributed by atoms with Crippen molar-refractivity contribution in [1.82, 2.24) is 14.9 Å². The van der Waals surface area contributed by atoms with Gasteiger partial charge in [-0.15, -0.1) is 0 Å². The maximum Gasteiger partial charge on any atom is 0.256 e. The van der Waals surface area contributed by atoms with E-state index in [4.69, 9.17) is 4.42 Å². The molecule has 0 saturated carbocycles. The van der Waals surface area contributed by atoms with Gasteiger partial charge in [0.15, 0.2) is 0 Å². The predicted octanol–water partition coefficient (Wildman–Crippen LogP) is 3.46. The van der Waals surface area contributed by atoms with E-state index in [1.165, 1.54) is 24.4 Å². The molecule has 144 valence electrons. The number of nitrogens with one attached hydrogen (secondary N) is 1. The van der Waals surface area contributed by atoms with E-state index in [-0.39, 0.29) is 23.3 Å². The predicted molar refractivity (Wildman–Crippen MR) is 100 cm³/mol. The molecule has 1 atom stereocenters. The van der Waals surface area contributed by atoms with Gasteiger partial charge in [-0.05, 0) is 37.0 Å². The number of amides is 1. The molecule has 1 aliphatic rings. The first-order chi connectivity index (χ1) is 13.6. The number of hydrogen-bond acceptors (Lipinski definition) is 4. The standard InChI is InChI=1S/C21H20FN3O3/c22-17-6-2-1-5-14(17)11-16-13-24-20(28-16)18-7-3-4-10-25(18)21(27)15-8-9-19(26)23-12-15/h1-2,5-6,8-9,12-13,18H,3-4,7,10-11H2,(H,23,26)/t18-/m0/s1. The Morgan fingerprint density at radius 3 is 2.89 bits per heavy atom. The Kier molecular flexibility index (Phi) is 5.06. The lowest BCUT2D eigenvalue weighted by Crippen LogP contribution is -2.38. The third-order valence-corrected chi connectivity index (χ3v) is 4.97. The second-order valence-electron chi connectivity index (χ2n) is 6.88. The number of pyridine rings is 1. The van der Waals surface area contributed by atoms with Gasteiger partial charge in [0, 0.05) is 25.2 Å². The van der Waals surface area contributed by atoms with Gasteiger partial charge in [0.25, 0.3) is 5.91 Å². The van der Waals surface area contributed by atoms with E-state index < -0.39 is 0 Å². The number of aromatic amines is 1.